The van der Waals surface area contributed by atoms with Gasteiger partial charge in [0.2, 0.25) is 0 Å². The number of nitrogens with zero attached hydrogens (tertiary/aromatic N) is 5. The maximum atomic E-state index is 12.9. The van der Waals surface area contributed by atoms with Crippen LogP contribution in [0.25, 0.3) is 44.6 Å². The molecule has 244 valence electrons. The summed E-state index contributed by atoms with van der Waals surface area (Å²) in [5.74, 6) is 1.36. The van der Waals surface area contributed by atoms with Gasteiger partial charge < -0.3 is 28.2 Å². The van der Waals surface area contributed by atoms with E-state index < -0.39 is 0 Å². The molecule has 0 spiro atoms. The molecular weight excluding hydrogens is 606 g/mol. The van der Waals surface area contributed by atoms with E-state index in [2.05, 4.69) is 27.0 Å². The number of morpholine rings is 1. The van der Waals surface area contributed by atoms with Crippen LogP contribution >= 0.6 is 0 Å². The first-order chi connectivity index (χ1) is 23.6. The first-order valence-electron chi connectivity index (χ1n) is 16.4. The topological polar surface area (TPSA) is 101 Å². The van der Waals surface area contributed by atoms with E-state index in [1.807, 2.05) is 92.7 Å². The van der Waals surface area contributed by atoms with Gasteiger partial charge in [-0.2, -0.15) is 0 Å². The Bertz CT molecular complexity index is 2200. The monoisotopic (exact) mass is 643 g/mol. The van der Waals surface area contributed by atoms with E-state index in [4.69, 9.17) is 14.2 Å². The van der Waals surface area contributed by atoms with E-state index in [9.17, 15) is 9.59 Å². The Morgan fingerprint density at radius 2 is 1.12 bits per heavy atom. The third kappa shape index (κ3) is 6.02. The summed E-state index contributed by atoms with van der Waals surface area (Å²) in [5.41, 5.74) is 6.94. The van der Waals surface area contributed by atoms with Crippen LogP contribution in [0.1, 0.15) is 13.8 Å². The van der Waals surface area contributed by atoms with Crippen molar-refractivity contribution in [3.05, 3.63) is 112 Å². The molecule has 4 aromatic carbocycles. The zero-order valence-electron chi connectivity index (χ0n) is 27.1. The number of aromatic nitrogens is 4. The van der Waals surface area contributed by atoms with E-state index >= 15 is 0 Å². The van der Waals surface area contributed by atoms with E-state index in [0.717, 1.165) is 65.2 Å². The van der Waals surface area contributed by atoms with E-state index in [-0.39, 0.29) is 11.1 Å². The molecule has 1 fully saturated rings. The molecule has 1 saturated heterocycles. The number of hydrogen-bond donors (Lipinski definition) is 0. The first kappa shape index (κ1) is 31.1. The number of aryl methyl sites for hydroxylation is 2. The molecule has 0 atom stereocenters. The largest absolute Gasteiger partial charge is 0.486 e. The van der Waals surface area contributed by atoms with Crippen LogP contribution < -0.4 is 25.5 Å². The van der Waals surface area contributed by atoms with Crippen molar-refractivity contribution < 1.29 is 14.2 Å². The lowest BCUT2D eigenvalue weighted by atomic mass is 10.1. The lowest BCUT2D eigenvalue weighted by Crippen LogP contribution is -2.36. The Morgan fingerprint density at radius 3 is 1.71 bits per heavy atom. The standard InChI is InChI=1S/C20H21N3O2.C18H16N2O3/c1-2-23-18-6-4-3-5-17(18)21-19(20(23)24)15-7-9-16(10-8-15)22-11-13-25-14-12-22;1-2-20-14-6-4-3-5-13(14)19-17(18(20)21)12-7-8-15-16(11-12)23-10-9-22-15/h3-10H,2,11-14H2,1H3;3-8,11H,2,9-10H2,1H3. The van der Waals surface area contributed by atoms with Gasteiger partial charge in [0, 0.05) is 43.0 Å². The second-order valence-corrected chi connectivity index (χ2v) is 11.5. The van der Waals surface area contributed by atoms with Crippen molar-refractivity contribution in [2.45, 2.75) is 26.9 Å². The fourth-order valence-corrected chi connectivity index (χ4v) is 6.23. The lowest BCUT2D eigenvalue weighted by molar-refractivity contribution is 0.122. The van der Waals surface area contributed by atoms with Gasteiger partial charge in [0.1, 0.15) is 24.6 Å². The molecule has 2 aliphatic rings. The molecule has 0 bridgehead atoms. The first-order valence-corrected chi connectivity index (χ1v) is 16.4. The number of ether oxygens (including phenoxy) is 3. The molecule has 0 radical (unpaired) electrons. The smallest absolute Gasteiger partial charge is 0.277 e. The van der Waals surface area contributed by atoms with Crippen LogP contribution in [-0.2, 0) is 17.8 Å². The highest BCUT2D eigenvalue weighted by atomic mass is 16.6. The number of fused-ring (bicyclic) bond motifs is 3. The van der Waals surface area contributed by atoms with E-state index in [1.165, 1.54) is 0 Å². The molecule has 8 rings (SSSR count). The quantitative estimate of drug-likeness (QED) is 0.233. The van der Waals surface area contributed by atoms with Gasteiger partial charge in [-0.3, -0.25) is 9.59 Å². The molecule has 48 heavy (non-hydrogen) atoms. The molecule has 6 aromatic rings. The molecule has 10 nitrogen and oxygen atoms in total. The number of rotatable bonds is 5. The van der Waals surface area contributed by atoms with Crippen molar-refractivity contribution in [1.82, 2.24) is 19.1 Å². The van der Waals surface area contributed by atoms with Crippen molar-refractivity contribution in [2.24, 2.45) is 0 Å². The molecule has 0 aliphatic carbocycles. The summed E-state index contributed by atoms with van der Waals surface area (Å²) in [6, 6.07) is 29.1. The summed E-state index contributed by atoms with van der Waals surface area (Å²) in [7, 11) is 0. The molecule has 10 heteroatoms. The molecule has 2 aromatic heterocycles. The Labute approximate surface area is 277 Å². The van der Waals surface area contributed by atoms with Gasteiger partial charge >= 0.3 is 0 Å². The van der Waals surface area contributed by atoms with Gasteiger partial charge in [-0.05, 0) is 68.4 Å². The average molecular weight is 644 g/mol. The normalized spacial score (nSPS) is 14.1. The van der Waals surface area contributed by atoms with Crippen LogP contribution in [0.15, 0.2) is 101 Å². The summed E-state index contributed by atoms with van der Waals surface area (Å²) in [5, 5.41) is 0. The van der Waals surface area contributed by atoms with Crippen molar-refractivity contribution in [2.75, 3.05) is 44.4 Å². The predicted octanol–water partition coefficient (Wildman–Crippen LogP) is 5.77. The van der Waals surface area contributed by atoms with Crippen LogP contribution in [0.2, 0.25) is 0 Å². The number of para-hydroxylation sites is 4. The van der Waals surface area contributed by atoms with Gasteiger partial charge in [-0.1, -0.05) is 36.4 Å². The highest BCUT2D eigenvalue weighted by Gasteiger charge is 2.17. The minimum absolute atomic E-state index is 0.0414. The Balaban J connectivity index is 0.000000152. The zero-order valence-corrected chi connectivity index (χ0v) is 27.1. The fourth-order valence-electron chi connectivity index (χ4n) is 6.23. The highest BCUT2D eigenvalue weighted by molar-refractivity contribution is 5.79. The number of hydrogen-bond acceptors (Lipinski definition) is 8. The minimum Gasteiger partial charge on any atom is -0.486 e. The fraction of sp³-hybridized carbons (Fsp3) is 0.263. The van der Waals surface area contributed by atoms with E-state index in [1.54, 1.807) is 9.13 Å². The SMILES string of the molecule is CCn1c(=O)c(-c2ccc(N3CCOCC3)cc2)nc2ccccc21.CCn1c(=O)c(-c2ccc3c(c2)OCCO3)nc2ccccc21. The lowest BCUT2D eigenvalue weighted by Gasteiger charge is -2.28. The van der Waals surface area contributed by atoms with Gasteiger partial charge in [0.15, 0.2) is 11.5 Å². The summed E-state index contributed by atoms with van der Waals surface area (Å²) in [6.07, 6.45) is 0. The molecule has 0 unspecified atom stereocenters. The molecule has 2 aliphatic heterocycles. The van der Waals surface area contributed by atoms with Gasteiger partial charge in [0.25, 0.3) is 11.1 Å². The van der Waals surface area contributed by atoms with Crippen molar-refractivity contribution in [1.29, 1.82) is 0 Å². The van der Waals surface area contributed by atoms with Gasteiger partial charge in [0.05, 0.1) is 35.3 Å². The van der Waals surface area contributed by atoms with Gasteiger partial charge in [-0.25, -0.2) is 9.97 Å². The summed E-state index contributed by atoms with van der Waals surface area (Å²) < 4.78 is 20.1. The van der Waals surface area contributed by atoms with Crippen LogP contribution in [0.5, 0.6) is 11.5 Å². The maximum Gasteiger partial charge on any atom is 0.277 e. The minimum atomic E-state index is -0.0946. The van der Waals surface area contributed by atoms with Crippen LogP contribution in [0.4, 0.5) is 5.69 Å². The molecule has 0 amide bonds. The van der Waals surface area contributed by atoms with Crippen LogP contribution in [0.3, 0.4) is 0 Å². The average Bonchev–Trinajstić information content (AvgIpc) is 3.15. The molecule has 0 N–H and O–H groups in total. The highest BCUT2D eigenvalue weighted by Crippen LogP contribution is 2.33. The third-order valence-electron chi connectivity index (χ3n) is 8.67. The zero-order chi connectivity index (χ0) is 33.0. The molecule has 4 heterocycles. The van der Waals surface area contributed by atoms with Crippen molar-refractivity contribution in [3.63, 3.8) is 0 Å². The second-order valence-electron chi connectivity index (χ2n) is 11.5. The predicted molar refractivity (Wildman–Crippen MR) is 188 cm³/mol. The van der Waals surface area contributed by atoms with Crippen LogP contribution in [-0.4, -0.2) is 58.6 Å². The summed E-state index contributed by atoms with van der Waals surface area (Å²) in [6.45, 7) is 9.54. The third-order valence-corrected chi connectivity index (χ3v) is 8.67. The molecule has 0 saturated carbocycles. The van der Waals surface area contributed by atoms with Crippen LogP contribution in [0, 0.1) is 0 Å². The second kappa shape index (κ2) is 13.7. The molecular formula is C38H37N5O5. The van der Waals surface area contributed by atoms with Crippen molar-refractivity contribution >= 4 is 27.8 Å². The Morgan fingerprint density at radius 1 is 0.604 bits per heavy atom. The number of benzene rings is 4. The van der Waals surface area contributed by atoms with Gasteiger partial charge in [-0.15, -0.1) is 0 Å². The maximum absolute atomic E-state index is 12.9. The Kier molecular flexibility index (Phi) is 8.89. The van der Waals surface area contributed by atoms with E-state index in [0.29, 0.717) is 49.2 Å². The summed E-state index contributed by atoms with van der Waals surface area (Å²) in [4.78, 5) is 37.2. The number of anilines is 1. The van der Waals surface area contributed by atoms with Crippen molar-refractivity contribution in [3.8, 4) is 34.0 Å². The Hall–Kier alpha value is -5.48. The summed E-state index contributed by atoms with van der Waals surface area (Å²) >= 11 is 0.